The first-order chi connectivity index (χ1) is 8.02. The molecule has 0 aromatic heterocycles. The summed E-state index contributed by atoms with van der Waals surface area (Å²) in [5.74, 6) is -2.47. The van der Waals surface area contributed by atoms with E-state index in [9.17, 15) is 13.6 Å². The third kappa shape index (κ3) is 2.38. The smallest absolute Gasteiger partial charge is 0.271 e. The summed E-state index contributed by atoms with van der Waals surface area (Å²) in [6, 6.07) is 2.49. The van der Waals surface area contributed by atoms with Gasteiger partial charge in [-0.25, -0.2) is 8.78 Å². The van der Waals surface area contributed by atoms with Crippen LogP contribution in [0.2, 0.25) is 0 Å². The Hall–Kier alpha value is -1.65. The van der Waals surface area contributed by atoms with Crippen LogP contribution >= 0.6 is 0 Å². The van der Waals surface area contributed by atoms with Crippen LogP contribution in [0, 0.1) is 0 Å². The SMILES string of the molecule is CC(F)(F)c1cc2c(cc1C=O)OCCCO2. The van der Waals surface area contributed by atoms with Crippen molar-refractivity contribution in [3.63, 3.8) is 0 Å². The van der Waals surface area contributed by atoms with Crippen molar-refractivity contribution in [3.05, 3.63) is 23.3 Å². The van der Waals surface area contributed by atoms with Gasteiger partial charge in [0.15, 0.2) is 17.8 Å². The lowest BCUT2D eigenvalue weighted by Gasteiger charge is -2.16. The van der Waals surface area contributed by atoms with Crippen molar-refractivity contribution < 1.29 is 23.0 Å². The molecule has 3 nitrogen and oxygen atoms in total. The number of fused-ring (bicyclic) bond motifs is 1. The number of aldehydes is 1. The van der Waals surface area contributed by atoms with Crippen molar-refractivity contribution in [2.24, 2.45) is 0 Å². The number of carbonyl (C=O) groups is 1. The van der Waals surface area contributed by atoms with E-state index in [0.717, 1.165) is 6.92 Å². The maximum atomic E-state index is 13.3. The van der Waals surface area contributed by atoms with E-state index in [0.29, 0.717) is 31.7 Å². The van der Waals surface area contributed by atoms with E-state index in [1.807, 2.05) is 0 Å². The van der Waals surface area contributed by atoms with Gasteiger partial charge in [-0.2, -0.15) is 0 Å². The van der Waals surface area contributed by atoms with Crippen LogP contribution in [0.25, 0.3) is 0 Å². The van der Waals surface area contributed by atoms with Gasteiger partial charge in [-0.3, -0.25) is 4.79 Å². The third-order valence-electron chi connectivity index (χ3n) is 2.52. The maximum Gasteiger partial charge on any atom is 0.271 e. The summed E-state index contributed by atoms with van der Waals surface area (Å²) in [4.78, 5) is 10.8. The predicted octanol–water partition coefficient (Wildman–Crippen LogP) is 2.77. The van der Waals surface area contributed by atoms with Crippen LogP contribution in [0.4, 0.5) is 8.78 Å². The number of rotatable bonds is 2. The topological polar surface area (TPSA) is 35.5 Å². The van der Waals surface area contributed by atoms with Gasteiger partial charge in [0.2, 0.25) is 0 Å². The zero-order valence-electron chi connectivity index (χ0n) is 9.33. The summed E-state index contributed by atoms with van der Waals surface area (Å²) in [6.07, 6.45) is 1.09. The van der Waals surface area contributed by atoms with Gasteiger partial charge in [-0.05, 0) is 12.1 Å². The molecule has 0 radical (unpaired) electrons. The highest BCUT2D eigenvalue weighted by Gasteiger charge is 2.30. The van der Waals surface area contributed by atoms with Crippen molar-refractivity contribution >= 4 is 6.29 Å². The van der Waals surface area contributed by atoms with Gasteiger partial charge in [0.1, 0.15) is 0 Å². The molecule has 1 heterocycles. The lowest BCUT2D eigenvalue weighted by Crippen LogP contribution is -2.11. The highest BCUT2D eigenvalue weighted by atomic mass is 19.3. The minimum absolute atomic E-state index is 0.0678. The van der Waals surface area contributed by atoms with Crippen LogP contribution in [0.1, 0.15) is 29.3 Å². The molecule has 0 saturated carbocycles. The number of benzene rings is 1. The standard InChI is InChI=1S/C12H12F2O3/c1-12(13,14)9-6-11-10(5-8(9)7-15)16-3-2-4-17-11/h5-7H,2-4H2,1H3. The molecule has 5 heteroatoms. The van der Waals surface area contributed by atoms with E-state index >= 15 is 0 Å². The summed E-state index contributed by atoms with van der Waals surface area (Å²) in [6.45, 7) is 1.62. The Morgan fingerprint density at radius 2 is 1.82 bits per heavy atom. The molecule has 0 aliphatic carbocycles. The number of alkyl halides is 2. The predicted molar refractivity (Wildman–Crippen MR) is 57.0 cm³/mol. The molecule has 0 N–H and O–H groups in total. The van der Waals surface area contributed by atoms with Gasteiger partial charge in [0.25, 0.3) is 5.92 Å². The molecule has 1 aliphatic rings. The molecule has 1 aliphatic heterocycles. The summed E-state index contributed by atoms with van der Waals surface area (Å²) in [7, 11) is 0. The lowest BCUT2D eigenvalue weighted by molar-refractivity contribution is 0.0164. The number of ether oxygens (including phenoxy) is 2. The zero-order chi connectivity index (χ0) is 12.5. The minimum Gasteiger partial charge on any atom is -0.490 e. The first-order valence-electron chi connectivity index (χ1n) is 5.29. The van der Waals surface area contributed by atoms with Gasteiger partial charge in [0.05, 0.1) is 13.2 Å². The second-order valence-electron chi connectivity index (χ2n) is 3.94. The van der Waals surface area contributed by atoms with Gasteiger partial charge < -0.3 is 9.47 Å². The molecule has 92 valence electrons. The molecule has 0 atom stereocenters. The average molecular weight is 242 g/mol. The van der Waals surface area contributed by atoms with E-state index in [1.54, 1.807) is 0 Å². The fourth-order valence-corrected chi connectivity index (χ4v) is 1.70. The van der Waals surface area contributed by atoms with E-state index < -0.39 is 5.92 Å². The Morgan fingerprint density at radius 3 is 2.35 bits per heavy atom. The van der Waals surface area contributed by atoms with Crippen LogP contribution in [0.3, 0.4) is 0 Å². The Balaban J connectivity index is 2.54. The summed E-state index contributed by atoms with van der Waals surface area (Å²) in [5.41, 5.74) is -0.404. The molecule has 1 aromatic carbocycles. The van der Waals surface area contributed by atoms with Crippen molar-refractivity contribution in [3.8, 4) is 11.5 Å². The molecule has 0 spiro atoms. The minimum atomic E-state index is -3.08. The second kappa shape index (κ2) is 4.31. The molecule has 0 bridgehead atoms. The highest BCUT2D eigenvalue weighted by molar-refractivity contribution is 5.79. The quantitative estimate of drug-likeness (QED) is 0.748. The molecule has 0 saturated heterocycles. The summed E-state index contributed by atoms with van der Waals surface area (Å²) in [5, 5.41) is 0. The van der Waals surface area contributed by atoms with Crippen molar-refractivity contribution in [1.29, 1.82) is 0 Å². The van der Waals surface area contributed by atoms with E-state index in [4.69, 9.17) is 9.47 Å². The fourth-order valence-electron chi connectivity index (χ4n) is 1.70. The van der Waals surface area contributed by atoms with Gasteiger partial charge in [-0.1, -0.05) is 0 Å². The summed E-state index contributed by atoms with van der Waals surface area (Å²) >= 11 is 0. The normalized spacial score (nSPS) is 15.2. The zero-order valence-corrected chi connectivity index (χ0v) is 9.33. The molecular weight excluding hydrogens is 230 g/mol. The Morgan fingerprint density at radius 1 is 1.24 bits per heavy atom. The number of carbonyl (C=O) groups excluding carboxylic acids is 1. The number of hydrogen-bond acceptors (Lipinski definition) is 3. The van der Waals surface area contributed by atoms with Gasteiger partial charge in [-0.15, -0.1) is 0 Å². The highest BCUT2D eigenvalue weighted by Crippen LogP contribution is 2.38. The summed E-state index contributed by atoms with van der Waals surface area (Å²) < 4.78 is 37.3. The third-order valence-corrected chi connectivity index (χ3v) is 2.52. The maximum absolute atomic E-state index is 13.3. The van der Waals surface area contributed by atoms with Crippen LogP contribution in [0.5, 0.6) is 11.5 Å². The van der Waals surface area contributed by atoms with E-state index in [-0.39, 0.29) is 16.9 Å². The lowest BCUT2D eigenvalue weighted by atomic mass is 10.0. The molecule has 1 aromatic rings. The molecule has 2 rings (SSSR count). The van der Waals surface area contributed by atoms with Crippen LogP contribution in [-0.2, 0) is 5.92 Å². The fraction of sp³-hybridized carbons (Fsp3) is 0.417. The number of hydrogen-bond donors (Lipinski definition) is 0. The molecule has 0 unspecified atom stereocenters. The average Bonchev–Trinajstić information content (AvgIpc) is 2.50. The Kier molecular flexibility index (Phi) is 3.00. The second-order valence-corrected chi connectivity index (χ2v) is 3.94. The van der Waals surface area contributed by atoms with Crippen molar-refractivity contribution in [2.45, 2.75) is 19.3 Å². The largest absolute Gasteiger partial charge is 0.490 e. The molecular formula is C12H12F2O3. The Labute approximate surface area is 97.3 Å². The molecule has 0 fully saturated rings. The Bertz CT molecular complexity index is 438. The van der Waals surface area contributed by atoms with E-state index in [1.165, 1.54) is 12.1 Å². The molecule has 0 amide bonds. The first-order valence-corrected chi connectivity index (χ1v) is 5.29. The molecule has 17 heavy (non-hydrogen) atoms. The van der Waals surface area contributed by atoms with Crippen molar-refractivity contribution in [2.75, 3.05) is 13.2 Å². The van der Waals surface area contributed by atoms with Crippen LogP contribution < -0.4 is 9.47 Å². The van der Waals surface area contributed by atoms with Gasteiger partial charge >= 0.3 is 0 Å². The monoisotopic (exact) mass is 242 g/mol. The first kappa shape index (κ1) is 11.8. The van der Waals surface area contributed by atoms with E-state index in [2.05, 4.69) is 0 Å². The number of halogens is 2. The van der Waals surface area contributed by atoms with Gasteiger partial charge in [0, 0.05) is 24.5 Å². The van der Waals surface area contributed by atoms with Crippen LogP contribution in [0.15, 0.2) is 12.1 Å². The van der Waals surface area contributed by atoms with Crippen molar-refractivity contribution in [1.82, 2.24) is 0 Å². The van der Waals surface area contributed by atoms with Crippen LogP contribution in [-0.4, -0.2) is 19.5 Å².